The topological polar surface area (TPSA) is 115 Å². The van der Waals surface area contributed by atoms with Crippen LogP contribution in [0.1, 0.15) is 0 Å². The molecule has 15 heavy (non-hydrogen) atoms. The molecule has 0 fully saturated rings. The molecule has 7 nitrogen and oxygen atoms in total. The fourth-order valence-corrected chi connectivity index (χ4v) is 1.25. The van der Waals surface area contributed by atoms with E-state index in [1.54, 1.807) is 0 Å². The summed E-state index contributed by atoms with van der Waals surface area (Å²) in [4.78, 5) is 14.8. The van der Waals surface area contributed by atoms with Gasteiger partial charge in [-0.2, -0.15) is 0 Å². The molecule has 78 valence electrons. The number of fused-ring (bicyclic) bond motifs is 1. The van der Waals surface area contributed by atoms with Crippen LogP contribution in [0.4, 0.5) is 5.69 Å². The van der Waals surface area contributed by atoms with Gasteiger partial charge in [0.2, 0.25) is 0 Å². The van der Waals surface area contributed by atoms with Crippen molar-refractivity contribution in [2.75, 3.05) is 0 Å². The lowest BCUT2D eigenvalue weighted by molar-refractivity contribution is -0.749. The Hall–Kier alpha value is -2.28. The van der Waals surface area contributed by atoms with Gasteiger partial charge in [-0.15, -0.1) is 4.94 Å². The first-order chi connectivity index (χ1) is 7.13. The zero-order valence-electron chi connectivity index (χ0n) is 7.30. The molecule has 2 aromatic rings. The third kappa shape index (κ3) is 1.34. The second kappa shape index (κ2) is 3.14. The Labute approximate surface area is 82.8 Å². The molecule has 0 aliphatic rings. The van der Waals surface area contributed by atoms with Gasteiger partial charge in [0.1, 0.15) is 0 Å². The van der Waals surface area contributed by atoms with Crippen LogP contribution in [-0.2, 0) is 4.94 Å². The van der Waals surface area contributed by atoms with Gasteiger partial charge in [-0.3, -0.25) is 0 Å². The van der Waals surface area contributed by atoms with Gasteiger partial charge in [0.05, 0.1) is 16.8 Å². The largest absolute Gasteiger partial charge is 0.571 e. The van der Waals surface area contributed by atoms with Crippen LogP contribution in [0.2, 0.25) is 0 Å². The number of furan rings is 1. The summed E-state index contributed by atoms with van der Waals surface area (Å²) in [5.74, 6) is 3.12. The van der Waals surface area contributed by atoms with Crippen molar-refractivity contribution in [3.05, 3.63) is 23.1 Å². The minimum atomic E-state index is -0.790. The average molecular weight is 209 g/mol. The lowest BCUT2D eigenvalue weighted by atomic mass is 10.2. The molecule has 0 radical (unpaired) electrons. The summed E-state index contributed by atoms with van der Waals surface area (Å²) in [5.41, 5.74) is 0.00269. The molecule has 0 bridgehead atoms. The number of hydrogen-bond donors (Lipinski definition) is 1. The smallest absolute Gasteiger partial charge is 0.319 e. The van der Waals surface area contributed by atoms with E-state index in [2.05, 4.69) is 15.3 Å². The van der Waals surface area contributed by atoms with Crippen molar-refractivity contribution in [2.24, 2.45) is 5.90 Å². The Morgan fingerprint density at radius 2 is 1.93 bits per heavy atom. The minimum absolute atomic E-state index is 0.00269. The van der Waals surface area contributed by atoms with Gasteiger partial charge >= 0.3 is 5.69 Å². The first-order valence-corrected chi connectivity index (χ1v) is 3.88. The summed E-state index contributed by atoms with van der Waals surface area (Å²) >= 11 is 0. The molecule has 1 heterocycles. The number of nitrogens with zero attached hydrogens (tertiary/aromatic N) is 1. The van der Waals surface area contributed by atoms with Crippen LogP contribution < -0.4 is 16.1 Å². The van der Waals surface area contributed by atoms with E-state index in [0.717, 1.165) is 0 Å². The third-order valence-corrected chi connectivity index (χ3v) is 1.93. The van der Waals surface area contributed by atoms with Gasteiger partial charge in [-0.1, -0.05) is 5.90 Å². The van der Waals surface area contributed by atoms with Gasteiger partial charge in [-0.25, -0.2) is 0 Å². The molecule has 0 unspecified atom stereocenters. The van der Waals surface area contributed by atoms with Gasteiger partial charge < -0.3 is 14.6 Å². The first kappa shape index (κ1) is 9.28. The second-order valence-corrected chi connectivity index (χ2v) is 2.77. The Morgan fingerprint density at radius 1 is 1.27 bits per heavy atom. The van der Waals surface area contributed by atoms with Gasteiger partial charge in [0.25, 0.3) is 4.92 Å². The Kier molecular flexibility index (Phi) is 1.94. The summed E-state index contributed by atoms with van der Waals surface area (Å²) in [7, 11) is 0. The molecular weight excluding hydrogens is 204 g/mol. The van der Waals surface area contributed by atoms with Crippen molar-refractivity contribution >= 4 is 16.5 Å². The molecule has 0 saturated heterocycles. The van der Waals surface area contributed by atoms with Crippen LogP contribution in [0.15, 0.2) is 22.6 Å². The second-order valence-electron chi connectivity index (χ2n) is 2.77. The Morgan fingerprint density at radius 3 is 2.60 bits per heavy atom. The normalized spacial score (nSPS) is 10.5. The Balaban J connectivity index is 2.65. The SMILES string of the molecule is NO[N+](=O)c1ccc2c([O-])oc([O-])c2c1. The summed E-state index contributed by atoms with van der Waals surface area (Å²) in [6.07, 6.45) is 0. The molecule has 0 saturated carbocycles. The van der Waals surface area contributed by atoms with E-state index in [9.17, 15) is 15.1 Å². The molecule has 2 rings (SSSR count). The van der Waals surface area contributed by atoms with Crippen molar-refractivity contribution in [1.82, 2.24) is 0 Å². The molecule has 2 N–H and O–H groups in total. The third-order valence-electron chi connectivity index (χ3n) is 1.93. The van der Waals surface area contributed by atoms with E-state index in [-0.39, 0.29) is 21.4 Å². The van der Waals surface area contributed by atoms with Gasteiger partial charge in [0, 0.05) is 22.9 Å². The predicted octanol–water partition coefficient (Wildman–Crippen LogP) is -0.204. The minimum Gasteiger partial charge on any atom is -0.571 e. The summed E-state index contributed by atoms with van der Waals surface area (Å²) < 4.78 is 4.33. The first-order valence-electron chi connectivity index (χ1n) is 3.88. The van der Waals surface area contributed by atoms with E-state index < -0.39 is 11.9 Å². The molecule has 0 amide bonds. The van der Waals surface area contributed by atoms with E-state index in [4.69, 9.17) is 0 Å². The maximum absolute atomic E-state index is 11.1. The quantitative estimate of drug-likeness (QED) is 0.684. The van der Waals surface area contributed by atoms with E-state index in [1.807, 2.05) is 0 Å². The standard InChI is InChI=1S/C8H6N2O5/c9-15-10(13)4-1-2-5-6(3-4)8(12)14-7(5)11/h1-3H,9H2,(H-,11,12,13)/p-1. The number of hydrogen-bond acceptors (Lipinski definition) is 6. The molecule has 1 aromatic heterocycles. The zero-order chi connectivity index (χ0) is 11.0. The van der Waals surface area contributed by atoms with Crippen molar-refractivity contribution < 1.29 is 24.5 Å². The predicted molar refractivity (Wildman–Crippen MR) is 43.7 cm³/mol. The highest BCUT2D eigenvalue weighted by atomic mass is 16.8. The van der Waals surface area contributed by atoms with Crippen LogP contribution >= 0.6 is 0 Å². The van der Waals surface area contributed by atoms with Crippen LogP contribution in [0.25, 0.3) is 10.8 Å². The van der Waals surface area contributed by atoms with Crippen molar-refractivity contribution in [3.8, 4) is 11.9 Å². The van der Waals surface area contributed by atoms with Crippen molar-refractivity contribution in [3.63, 3.8) is 0 Å². The van der Waals surface area contributed by atoms with E-state index in [1.165, 1.54) is 18.2 Å². The highest BCUT2D eigenvalue weighted by Crippen LogP contribution is 2.34. The van der Waals surface area contributed by atoms with Crippen LogP contribution in [-0.4, -0.2) is 4.92 Å². The maximum Gasteiger partial charge on any atom is 0.319 e. The summed E-state index contributed by atoms with van der Waals surface area (Å²) in [6, 6.07) is 3.75. The molecule has 1 aromatic carbocycles. The molecule has 0 atom stereocenters. The van der Waals surface area contributed by atoms with Crippen molar-refractivity contribution in [1.29, 1.82) is 0 Å². The number of rotatable bonds is 2. The zero-order valence-corrected chi connectivity index (χ0v) is 7.30. The van der Waals surface area contributed by atoms with Gasteiger partial charge in [0.15, 0.2) is 0 Å². The summed E-state index contributed by atoms with van der Waals surface area (Å²) in [5, 5.41) is 22.3. The highest BCUT2D eigenvalue weighted by Gasteiger charge is 2.16. The average Bonchev–Trinajstić information content (AvgIpc) is 2.53. The lowest BCUT2D eigenvalue weighted by Gasteiger charge is -1.93. The fraction of sp³-hybridized carbons (Fsp3) is 0. The van der Waals surface area contributed by atoms with Crippen molar-refractivity contribution in [2.45, 2.75) is 0 Å². The monoisotopic (exact) mass is 209 g/mol. The van der Waals surface area contributed by atoms with E-state index >= 15 is 0 Å². The molecule has 7 heteroatoms. The fourth-order valence-electron chi connectivity index (χ4n) is 1.25. The van der Waals surface area contributed by atoms with Crippen LogP contribution in [0, 0.1) is 4.91 Å². The van der Waals surface area contributed by atoms with Crippen LogP contribution in [0.5, 0.6) is 11.9 Å². The van der Waals surface area contributed by atoms with E-state index in [0.29, 0.717) is 0 Å². The molecule has 0 spiro atoms. The number of benzene rings is 1. The summed E-state index contributed by atoms with van der Waals surface area (Å²) in [6.45, 7) is 0. The highest BCUT2D eigenvalue weighted by molar-refractivity contribution is 5.91. The molecule has 0 aliphatic carbocycles. The van der Waals surface area contributed by atoms with Gasteiger partial charge in [-0.05, 0) is 6.07 Å². The Bertz CT molecular complexity index is 533. The lowest BCUT2D eigenvalue weighted by Crippen LogP contribution is -2.08. The maximum atomic E-state index is 11.1. The number of nitrogens with two attached hydrogens (primary N) is 1. The molecule has 0 aliphatic heterocycles. The molecular formula is C8H5N2O5-. The van der Waals surface area contributed by atoms with Crippen LogP contribution in [0.3, 0.4) is 0 Å².